The van der Waals surface area contributed by atoms with Crippen LogP contribution in [0.2, 0.25) is 19.6 Å². The molecule has 2 rings (SSSR count). The number of aliphatic hydroxyl groups excluding tert-OH is 1. The molecule has 5 heteroatoms. The van der Waals surface area contributed by atoms with Crippen molar-refractivity contribution in [2.45, 2.75) is 40.4 Å². The number of allylic oxidation sites excluding steroid dienone is 2. The van der Waals surface area contributed by atoms with Crippen molar-refractivity contribution in [3.8, 4) is 11.3 Å². The van der Waals surface area contributed by atoms with Crippen molar-refractivity contribution in [3.05, 3.63) is 60.0 Å². The van der Waals surface area contributed by atoms with Gasteiger partial charge in [0.2, 0.25) is 0 Å². The summed E-state index contributed by atoms with van der Waals surface area (Å²) in [7, 11) is -1.26. The first-order valence-corrected chi connectivity index (χ1v) is 11.4. The van der Waals surface area contributed by atoms with Gasteiger partial charge in [-0.15, -0.1) is 35.0 Å². The second-order valence-electron chi connectivity index (χ2n) is 6.86. The van der Waals surface area contributed by atoms with Crippen molar-refractivity contribution in [2.24, 2.45) is 0 Å². The fourth-order valence-electron chi connectivity index (χ4n) is 2.06. The molecule has 0 saturated heterocycles. The number of carbonyl (C=O) groups is 1. The molecule has 0 amide bonds. The summed E-state index contributed by atoms with van der Waals surface area (Å²) < 4.78 is 0. The largest absolute Gasteiger partial charge is 0.512 e. The number of nitrogens with zero attached hydrogens (tertiary/aromatic N) is 1. The second-order valence-corrected chi connectivity index (χ2v) is 11.9. The number of benzene rings is 1. The first-order valence-electron chi connectivity index (χ1n) is 7.92. The van der Waals surface area contributed by atoms with Crippen LogP contribution >= 0.6 is 0 Å². The molecule has 137 valence electrons. The molecule has 0 unspecified atom stereocenters. The number of pyridine rings is 1. The summed E-state index contributed by atoms with van der Waals surface area (Å²) in [5.74, 6) is -0.0625. The molecular weight excluding hydrogens is 507 g/mol. The van der Waals surface area contributed by atoms with Gasteiger partial charge in [0, 0.05) is 32.4 Å². The quantitative estimate of drug-likeness (QED) is 0.275. The van der Waals surface area contributed by atoms with E-state index in [1.54, 1.807) is 0 Å². The topological polar surface area (TPSA) is 50.2 Å². The summed E-state index contributed by atoms with van der Waals surface area (Å²) in [6, 6.07) is 13.9. The van der Waals surface area contributed by atoms with E-state index >= 15 is 0 Å². The number of aliphatic hydroxyl groups is 1. The van der Waals surface area contributed by atoms with E-state index in [1.807, 2.05) is 18.3 Å². The number of ketones is 1. The number of aryl methyl sites for hydroxylation is 1. The molecular formula is C20H26IrNO2Si-. The van der Waals surface area contributed by atoms with Gasteiger partial charge in [-0.3, -0.25) is 4.79 Å². The van der Waals surface area contributed by atoms with Crippen LogP contribution in [0.25, 0.3) is 11.3 Å². The van der Waals surface area contributed by atoms with Crippen LogP contribution in [0.1, 0.15) is 19.4 Å². The number of carbonyl (C=O) groups excluding carboxylic acids is 1. The standard InChI is InChI=1S/C15H18NSi.C5H8O2.Ir/c1-12-8-9-16-15(10-12)13-6-5-7-14(11-13)17(2,3)4;1-4(6)3-5(2)7;/h5,7-11H,1-4H3;3,6H,1-2H3;/q-1;;/b;4-3-;. The van der Waals surface area contributed by atoms with Gasteiger partial charge in [-0.1, -0.05) is 31.3 Å². The van der Waals surface area contributed by atoms with Gasteiger partial charge >= 0.3 is 0 Å². The van der Waals surface area contributed by atoms with Crippen LogP contribution in [0, 0.1) is 13.0 Å². The van der Waals surface area contributed by atoms with Crippen LogP contribution < -0.4 is 5.19 Å². The van der Waals surface area contributed by atoms with E-state index in [9.17, 15) is 4.79 Å². The van der Waals surface area contributed by atoms with E-state index in [1.165, 1.54) is 30.7 Å². The van der Waals surface area contributed by atoms with Crippen molar-refractivity contribution in [1.29, 1.82) is 0 Å². The molecule has 0 fully saturated rings. The Bertz CT molecular complexity index is 732. The SMILES string of the molecule is CC(=O)/C=C(/C)O.Cc1ccnc(-c2[c-]ccc([Si](C)(C)C)c2)c1.[Ir]. The first-order chi connectivity index (χ1) is 11.1. The molecule has 0 atom stereocenters. The summed E-state index contributed by atoms with van der Waals surface area (Å²) in [5, 5.41) is 9.82. The number of aromatic nitrogens is 1. The van der Waals surface area contributed by atoms with E-state index < -0.39 is 8.07 Å². The van der Waals surface area contributed by atoms with Crippen molar-refractivity contribution in [3.63, 3.8) is 0 Å². The predicted molar refractivity (Wildman–Crippen MR) is 103 cm³/mol. The van der Waals surface area contributed by atoms with Crippen LogP contribution in [0.15, 0.2) is 48.4 Å². The number of rotatable bonds is 3. The molecule has 0 bridgehead atoms. The molecule has 0 aliphatic heterocycles. The summed E-state index contributed by atoms with van der Waals surface area (Å²) in [4.78, 5) is 14.4. The molecule has 1 aromatic carbocycles. The minimum Gasteiger partial charge on any atom is -0.512 e. The molecule has 1 N–H and O–H groups in total. The predicted octanol–water partition coefficient (Wildman–Crippen LogP) is 4.44. The average molecular weight is 533 g/mol. The molecule has 1 heterocycles. The zero-order valence-corrected chi connectivity index (χ0v) is 19.1. The Labute approximate surface area is 165 Å². The van der Waals surface area contributed by atoms with Gasteiger partial charge < -0.3 is 10.1 Å². The van der Waals surface area contributed by atoms with Crippen LogP contribution in [0.3, 0.4) is 0 Å². The Morgan fingerprint density at radius 3 is 2.28 bits per heavy atom. The zero-order chi connectivity index (χ0) is 18.3. The Morgan fingerprint density at radius 1 is 1.20 bits per heavy atom. The molecule has 25 heavy (non-hydrogen) atoms. The fraction of sp³-hybridized carbons (Fsp3) is 0.300. The molecule has 0 aliphatic carbocycles. The minimum absolute atomic E-state index is 0. The summed E-state index contributed by atoms with van der Waals surface area (Å²) in [5.41, 5.74) is 3.36. The van der Waals surface area contributed by atoms with Crippen molar-refractivity contribution >= 4 is 19.0 Å². The van der Waals surface area contributed by atoms with E-state index in [-0.39, 0.29) is 31.6 Å². The van der Waals surface area contributed by atoms with Crippen molar-refractivity contribution in [2.75, 3.05) is 0 Å². The smallest absolute Gasteiger partial charge is 0.155 e. The van der Waals surface area contributed by atoms with Crippen molar-refractivity contribution in [1.82, 2.24) is 4.98 Å². The van der Waals surface area contributed by atoms with E-state index in [2.05, 4.69) is 55.8 Å². The molecule has 0 saturated carbocycles. The van der Waals surface area contributed by atoms with Gasteiger partial charge in [0.25, 0.3) is 0 Å². The van der Waals surface area contributed by atoms with Gasteiger partial charge in [-0.25, -0.2) is 0 Å². The molecule has 1 radical (unpaired) electrons. The number of hydrogen-bond donors (Lipinski definition) is 1. The third kappa shape index (κ3) is 8.91. The van der Waals surface area contributed by atoms with Crippen LogP contribution in [0.4, 0.5) is 0 Å². The second kappa shape index (κ2) is 10.4. The zero-order valence-electron chi connectivity index (χ0n) is 15.7. The first kappa shape index (κ1) is 23.4. The minimum atomic E-state index is -1.26. The fourth-order valence-corrected chi connectivity index (χ4v) is 3.22. The Hall–Kier alpha value is -1.55. The maximum Gasteiger partial charge on any atom is 0.155 e. The summed E-state index contributed by atoms with van der Waals surface area (Å²) >= 11 is 0. The molecule has 3 nitrogen and oxygen atoms in total. The number of hydrogen-bond acceptors (Lipinski definition) is 3. The van der Waals surface area contributed by atoms with Gasteiger partial charge in [0.15, 0.2) is 5.78 Å². The van der Waals surface area contributed by atoms with Crippen LogP contribution in [-0.2, 0) is 24.9 Å². The maximum atomic E-state index is 10.0. The monoisotopic (exact) mass is 533 g/mol. The van der Waals surface area contributed by atoms with E-state index in [0.29, 0.717) is 0 Å². The summed E-state index contributed by atoms with van der Waals surface area (Å²) in [6.45, 7) is 12.0. The van der Waals surface area contributed by atoms with Gasteiger partial charge in [-0.2, -0.15) is 0 Å². The third-order valence-electron chi connectivity index (χ3n) is 3.27. The molecule has 0 aliphatic rings. The summed E-state index contributed by atoms with van der Waals surface area (Å²) in [6.07, 6.45) is 3.03. The van der Waals surface area contributed by atoms with Gasteiger partial charge in [-0.05, 0) is 32.5 Å². The Kier molecular flexibility index (Phi) is 9.79. The van der Waals surface area contributed by atoms with Crippen molar-refractivity contribution < 1.29 is 30.0 Å². The molecule has 2 aromatic rings. The van der Waals surface area contributed by atoms with Gasteiger partial charge in [0.1, 0.15) is 0 Å². The Balaban J connectivity index is 0.000000620. The maximum absolute atomic E-state index is 10.0. The van der Waals surface area contributed by atoms with E-state index in [0.717, 1.165) is 11.3 Å². The molecule has 0 spiro atoms. The third-order valence-corrected chi connectivity index (χ3v) is 5.31. The average Bonchev–Trinajstić information content (AvgIpc) is 2.46. The van der Waals surface area contributed by atoms with Crippen LogP contribution in [-0.4, -0.2) is 23.9 Å². The van der Waals surface area contributed by atoms with Gasteiger partial charge in [0.05, 0.1) is 13.8 Å². The van der Waals surface area contributed by atoms with E-state index in [4.69, 9.17) is 5.11 Å². The molecule has 1 aromatic heterocycles. The Morgan fingerprint density at radius 2 is 1.84 bits per heavy atom. The van der Waals surface area contributed by atoms with Crippen LogP contribution in [0.5, 0.6) is 0 Å². The normalized spacial score (nSPS) is 11.0.